The molecule has 2 aromatic carbocycles. The number of carbonyl (C=O) groups is 2. The van der Waals surface area contributed by atoms with Crippen LogP contribution in [0.4, 0.5) is 0 Å². The van der Waals surface area contributed by atoms with Gasteiger partial charge in [0, 0.05) is 37.8 Å². The van der Waals surface area contributed by atoms with Crippen molar-refractivity contribution < 1.29 is 23.8 Å². The summed E-state index contributed by atoms with van der Waals surface area (Å²) in [5.41, 5.74) is 1.44. The van der Waals surface area contributed by atoms with E-state index in [1.807, 2.05) is 41.0 Å². The van der Waals surface area contributed by atoms with E-state index >= 15 is 0 Å². The van der Waals surface area contributed by atoms with E-state index in [4.69, 9.17) is 25.8 Å². The molecule has 4 rings (SSSR count). The van der Waals surface area contributed by atoms with Gasteiger partial charge < -0.3 is 24.0 Å². The van der Waals surface area contributed by atoms with Gasteiger partial charge in [0.05, 0.1) is 25.8 Å². The number of piperidine rings is 1. The summed E-state index contributed by atoms with van der Waals surface area (Å²) in [7, 11) is 3.08. The van der Waals surface area contributed by atoms with Crippen molar-refractivity contribution in [1.29, 1.82) is 0 Å². The number of rotatable bonds is 7. The Morgan fingerprint density at radius 2 is 1.64 bits per heavy atom. The first kappa shape index (κ1) is 25.9. The molecule has 7 nitrogen and oxygen atoms in total. The number of likely N-dealkylation sites (tertiary alicyclic amines) is 2. The van der Waals surface area contributed by atoms with E-state index in [0.717, 1.165) is 31.6 Å². The van der Waals surface area contributed by atoms with Gasteiger partial charge in [-0.15, -0.1) is 0 Å². The van der Waals surface area contributed by atoms with E-state index in [1.54, 1.807) is 31.4 Å². The minimum absolute atomic E-state index is 0.0365. The van der Waals surface area contributed by atoms with Crippen LogP contribution in [0.25, 0.3) is 6.08 Å². The van der Waals surface area contributed by atoms with E-state index in [2.05, 4.69) is 0 Å². The molecule has 2 aliphatic heterocycles. The Labute approximate surface area is 217 Å². The molecule has 8 heteroatoms. The van der Waals surface area contributed by atoms with Gasteiger partial charge in [0.1, 0.15) is 5.75 Å². The predicted molar refractivity (Wildman–Crippen MR) is 140 cm³/mol. The van der Waals surface area contributed by atoms with Gasteiger partial charge in [-0.05, 0) is 79.6 Å². The number of methoxy groups -OCH3 is 2. The second-order valence-electron chi connectivity index (χ2n) is 9.30. The molecule has 0 radical (unpaired) electrons. The monoisotopic (exact) mass is 512 g/mol. The van der Waals surface area contributed by atoms with E-state index in [-0.39, 0.29) is 17.2 Å². The number of benzene rings is 2. The summed E-state index contributed by atoms with van der Waals surface area (Å²) in [4.78, 5) is 29.7. The third-order valence-electron chi connectivity index (χ3n) is 7.19. The van der Waals surface area contributed by atoms with Gasteiger partial charge in [-0.25, -0.2) is 0 Å². The minimum atomic E-state index is -0.0365. The van der Waals surface area contributed by atoms with E-state index in [0.29, 0.717) is 53.9 Å². The summed E-state index contributed by atoms with van der Waals surface area (Å²) in [6.07, 6.45) is 6.02. The molecule has 0 aliphatic carbocycles. The molecule has 192 valence electrons. The first-order chi connectivity index (χ1) is 17.4. The van der Waals surface area contributed by atoms with Crippen molar-refractivity contribution in [2.24, 2.45) is 5.41 Å². The Kier molecular flexibility index (Phi) is 8.09. The zero-order valence-electron chi connectivity index (χ0n) is 21.1. The molecule has 0 unspecified atom stereocenters. The number of amides is 2. The van der Waals surface area contributed by atoms with Gasteiger partial charge in [-0.2, -0.15) is 0 Å². The fourth-order valence-corrected chi connectivity index (χ4v) is 5.35. The molecular weight excluding hydrogens is 480 g/mol. The van der Waals surface area contributed by atoms with Gasteiger partial charge in [0.15, 0.2) is 11.5 Å². The van der Waals surface area contributed by atoms with Crippen molar-refractivity contribution in [2.75, 3.05) is 47.0 Å². The van der Waals surface area contributed by atoms with Crippen molar-refractivity contribution in [3.63, 3.8) is 0 Å². The molecule has 0 bridgehead atoms. The third kappa shape index (κ3) is 5.46. The summed E-state index contributed by atoms with van der Waals surface area (Å²) in [5.74, 6) is 1.77. The fraction of sp³-hybridized carbons (Fsp3) is 0.429. The third-order valence-corrected chi connectivity index (χ3v) is 7.58. The van der Waals surface area contributed by atoms with E-state index in [1.165, 1.54) is 7.11 Å². The van der Waals surface area contributed by atoms with Crippen LogP contribution in [0.5, 0.6) is 17.2 Å². The number of hydrogen-bond acceptors (Lipinski definition) is 5. The number of carbonyl (C=O) groups excluding carboxylic acids is 2. The lowest BCUT2D eigenvalue weighted by atomic mass is 9.77. The maximum atomic E-state index is 13.0. The number of nitrogens with zero attached hydrogens (tertiary/aromatic N) is 2. The topological polar surface area (TPSA) is 68.3 Å². The summed E-state index contributed by atoms with van der Waals surface area (Å²) < 4.78 is 16.1. The Bertz CT molecular complexity index is 1120. The van der Waals surface area contributed by atoms with Crippen LogP contribution in [0.3, 0.4) is 0 Å². The number of ether oxygens (including phenoxy) is 3. The molecule has 36 heavy (non-hydrogen) atoms. The van der Waals surface area contributed by atoms with Crippen LogP contribution in [-0.4, -0.2) is 68.6 Å². The van der Waals surface area contributed by atoms with Crippen LogP contribution in [0.2, 0.25) is 5.02 Å². The van der Waals surface area contributed by atoms with Crippen LogP contribution < -0.4 is 14.2 Å². The number of halogens is 1. The van der Waals surface area contributed by atoms with Gasteiger partial charge >= 0.3 is 0 Å². The van der Waals surface area contributed by atoms with Crippen LogP contribution in [-0.2, 0) is 4.79 Å². The van der Waals surface area contributed by atoms with Crippen molar-refractivity contribution in [3.05, 3.63) is 58.6 Å². The summed E-state index contributed by atoms with van der Waals surface area (Å²) in [6, 6.07) is 10.9. The first-order valence-corrected chi connectivity index (χ1v) is 12.7. The largest absolute Gasteiger partial charge is 0.494 e. The zero-order chi connectivity index (χ0) is 25.7. The smallest absolute Gasteiger partial charge is 0.253 e. The lowest BCUT2D eigenvalue weighted by Gasteiger charge is -2.39. The second-order valence-corrected chi connectivity index (χ2v) is 9.67. The van der Waals surface area contributed by atoms with Gasteiger partial charge in [-0.3, -0.25) is 9.59 Å². The van der Waals surface area contributed by atoms with Crippen LogP contribution >= 0.6 is 11.6 Å². The highest BCUT2D eigenvalue weighted by Gasteiger charge is 2.42. The van der Waals surface area contributed by atoms with Crippen molar-refractivity contribution in [1.82, 2.24) is 9.80 Å². The molecule has 0 atom stereocenters. The first-order valence-electron chi connectivity index (χ1n) is 12.3. The maximum absolute atomic E-state index is 13.0. The molecule has 0 saturated carbocycles. The Morgan fingerprint density at radius 1 is 0.972 bits per heavy atom. The Morgan fingerprint density at radius 3 is 2.25 bits per heavy atom. The average Bonchev–Trinajstić information content (AvgIpc) is 3.31. The Balaban J connectivity index is 1.33. The number of hydrogen-bond donors (Lipinski definition) is 0. The van der Waals surface area contributed by atoms with Gasteiger partial charge in [-0.1, -0.05) is 11.6 Å². The average molecular weight is 513 g/mol. The quantitative estimate of drug-likeness (QED) is 0.492. The second kappa shape index (κ2) is 11.2. The maximum Gasteiger partial charge on any atom is 0.253 e. The van der Waals surface area contributed by atoms with Crippen LogP contribution in [0, 0.1) is 5.41 Å². The predicted octanol–water partition coefficient (Wildman–Crippen LogP) is 4.92. The molecule has 0 N–H and O–H groups in total. The SMILES string of the molecule is CCOc1ccc(C(=O)N2CCC3(CCN(C(=O)/C=C/c4ccc(OC)c(OC)c4Cl)C3)CC2)cc1. The van der Waals surface area contributed by atoms with Crippen LogP contribution in [0.1, 0.15) is 42.1 Å². The molecule has 1 spiro atoms. The summed E-state index contributed by atoms with van der Waals surface area (Å²) >= 11 is 6.44. The van der Waals surface area contributed by atoms with E-state index < -0.39 is 0 Å². The summed E-state index contributed by atoms with van der Waals surface area (Å²) in [5, 5.41) is 0.406. The van der Waals surface area contributed by atoms with Crippen molar-refractivity contribution in [2.45, 2.75) is 26.2 Å². The molecular formula is C28H33ClN2O5. The van der Waals surface area contributed by atoms with Crippen LogP contribution in [0.15, 0.2) is 42.5 Å². The van der Waals surface area contributed by atoms with Gasteiger partial charge in [0.25, 0.3) is 5.91 Å². The molecule has 0 aromatic heterocycles. The fourth-order valence-electron chi connectivity index (χ4n) is 5.06. The Hall–Kier alpha value is -3.19. The standard InChI is InChI=1S/C28H33ClN2O5/c1-4-36-22-9-5-21(6-10-22)27(33)30-16-13-28(14-17-30)15-18-31(19-28)24(32)12-8-20-7-11-23(34-2)26(35-3)25(20)29/h5-12H,4,13-19H2,1-3H3/b12-8+. The molecule has 2 fully saturated rings. The normalized spacial score (nSPS) is 17.0. The van der Waals surface area contributed by atoms with Gasteiger partial charge in [0.2, 0.25) is 5.91 Å². The van der Waals surface area contributed by atoms with E-state index in [9.17, 15) is 9.59 Å². The molecule has 2 aliphatic rings. The molecule has 2 amide bonds. The molecule has 2 aromatic rings. The molecule has 2 heterocycles. The minimum Gasteiger partial charge on any atom is -0.494 e. The highest BCUT2D eigenvalue weighted by atomic mass is 35.5. The lowest BCUT2D eigenvalue weighted by Crippen LogP contribution is -2.44. The zero-order valence-corrected chi connectivity index (χ0v) is 21.8. The van der Waals surface area contributed by atoms with Crippen molar-refractivity contribution >= 4 is 29.5 Å². The highest BCUT2D eigenvalue weighted by molar-refractivity contribution is 6.33. The lowest BCUT2D eigenvalue weighted by molar-refractivity contribution is -0.125. The molecule has 2 saturated heterocycles. The highest BCUT2D eigenvalue weighted by Crippen LogP contribution is 2.41. The summed E-state index contributed by atoms with van der Waals surface area (Å²) in [6.45, 7) is 5.36. The van der Waals surface area contributed by atoms with Crippen molar-refractivity contribution in [3.8, 4) is 17.2 Å².